The summed E-state index contributed by atoms with van der Waals surface area (Å²) in [6, 6.07) is 0. The van der Waals surface area contributed by atoms with Crippen LogP contribution in [0.3, 0.4) is 0 Å². The van der Waals surface area contributed by atoms with Crippen molar-refractivity contribution in [1.82, 2.24) is 13.9 Å². The lowest BCUT2D eigenvalue weighted by Crippen LogP contribution is -2.97. The van der Waals surface area contributed by atoms with Crippen molar-refractivity contribution >= 4 is 26.7 Å². The van der Waals surface area contributed by atoms with Gasteiger partial charge in [-0.3, -0.25) is 0 Å². The monoisotopic (exact) mass is 483 g/mol. The summed E-state index contributed by atoms with van der Waals surface area (Å²) in [5.41, 5.74) is 0. The Morgan fingerprint density at radius 3 is 0.567 bits per heavy atom. The molecule has 0 radical (unpaired) electrons. The minimum Gasteiger partial charge on any atom is -0.369 e. The fraction of sp³-hybridized carbons (Fsp3) is 1.00. The van der Waals surface area contributed by atoms with Gasteiger partial charge in [-0.25, -0.2) is 13.9 Å². The molecule has 0 aromatic rings. The predicted octanol–water partition coefficient (Wildman–Crippen LogP) is 2.63. The largest absolute Gasteiger partial charge is 0.513 e. The number of rotatable bonds is 12. The molecule has 0 spiro atoms. The second-order valence-corrected chi connectivity index (χ2v) is 17.3. The van der Waals surface area contributed by atoms with Gasteiger partial charge in [0.25, 0.3) is 0 Å². The predicted molar refractivity (Wildman–Crippen MR) is 124 cm³/mol. The van der Waals surface area contributed by atoms with Gasteiger partial charge >= 0.3 is 26.7 Å². The fourth-order valence-electron chi connectivity index (χ4n) is 3.17. The first-order chi connectivity index (χ1) is 13.6. The first kappa shape index (κ1) is 28.3. The lowest BCUT2D eigenvalue weighted by atomic mass is 10.5. The first-order valence-electron chi connectivity index (χ1n) is 11.1. The third kappa shape index (κ3) is 9.04. The van der Waals surface area contributed by atoms with Crippen molar-refractivity contribution in [2.45, 2.75) is 120 Å². The van der Waals surface area contributed by atoms with E-state index in [1.54, 1.807) is 0 Å². The van der Waals surface area contributed by atoms with Crippen LogP contribution in [0.4, 0.5) is 0 Å². The Bertz CT molecular complexity index is 410. The average Bonchev–Trinajstić information content (AvgIpc) is 2.39. The second kappa shape index (κ2) is 11.4. The third-order valence-electron chi connectivity index (χ3n) is 3.40. The van der Waals surface area contributed by atoms with Crippen LogP contribution in [0, 0.1) is 0 Å². The van der Waals surface area contributed by atoms with Gasteiger partial charge in [0.1, 0.15) is 0 Å². The van der Waals surface area contributed by atoms with E-state index in [1.165, 1.54) is 0 Å². The van der Waals surface area contributed by atoms with Gasteiger partial charge < -0.3 is 26.6 Å². The fourth-order valence-corrected chi connectivity index (χ4v) is 17.8. The van der Waals surface area contributed by atoms with E-state index >= 15 is 0 Å². The van der Waals surface area contributed by atoms with Gasteiger partial charge in [0.2, 0.25) is 0 Å². The van der Waals surface area contributed by atoms with Crippen molar-refractivity contribution in [2.24, 2.45) is 0 Å². The molecule has 1 rings (SSSR count). The Balaban J connectivity index is 3.63. The van der Waals surface area contributed by atoms with E-state index < -0.39 is 26.7 Å². The molecule has 0 aromatic carbocycles. The molecule has 1 fully saturated rings. The SMILES string of the molecule is CC(C)O[Si]1(OC(C)C)N[Si](OC(C)C)(OC(C)C)N[Si](OC(C)C)(OC(C)C)N1. The molecule has 1 aliphatic rings. The molecule has 0 saturated carbocycles. The van der Waals surface area contributed by atoms with Gasteiger partial charge in [-0.1, -0.05) is 0 Å². The molecule has 0 aliphatic carbocycles. The van der Waals surface area contributed by atoms with Gasteiger partial charge in [0.05, 0.1) is 0 Å². The Kier molecular flexibility index (Phi) is 10.8. The molecular weight excluding hydrogens is 438 g/mol. The molecule has 30 heavy (non-hydrogen) atoms. The summed E-state index contributed by atoms with van der Waals surface area (Å²) in [5.74, 6) is 0. The van der Waals surface area contributed by atoms with Crippen molar-refractivity contribution in [3.8, 4) is 0 Å². The summed E-state index contributed by atoms with van der Waals surface area (Å²) in [5, 5.41) is 0. The highest BCUT2D eigenvalue weighted by atomic mass is 28.5. The molecule has 0 amide bonds. The van der Waals surface area contributed by atoms with Gasteiger partial charge in [-0.05, 0) is 83.1 Å². The summed E-state index contributed by atoms with van der Waals surface area (Å²) in [7, 11) is -9.86. The number of nitrogens with one attached hydrogen (secondary N) is 3. The van der Waals surface area contributed by atoms with Crippen LogP contribution in [0.2, 0.25) is 0 Å². The normalized spacial score (nSPS) is 21.0. The highest BCUT2D eigenvalue weighted by Crippen LogP contribution is 2.24. The van der Waals surface area contributed by atoms with Gasteiger partial charge in [-0.15, -0.1) is 0 Å². The molecule has 0 atom stereocenters. The van der Waals surface area contributed by atoms with Crippen LogP contribution in [-0.4, -0.2) is 63.3 Å². The van der Waals surface area contributed by atoms with E-state index in [9.17, 15) is 0 Å². The molecule has 12 heteroatoms. The van der Waals surface area contributed by atoms with E-state index in [1.807, 2.05) is 83.1 Å². The van der Waals surface area contributed by atoms with Crippen LogP contribution in [0.1, 0.15) is 83.1 Å². The van der Waals surface area contributed by atoms with Crippen molar-refractivity contribution in [2.75, 3.05) is 0 Å². The van der Waals surface area contributed by atoms with Crippen LogP contribution in [0.25, 0.3) is 0 Å². The van der Waals surface area contributed by atoms with Crippen molar-refractivity contribution < 1.29 is 26.6 Å². The summed E-state index contributed by atoms with van der Waals surface area (Å²) in [6.45, 7) is 23.8. The van der Waals surface area contributed by atoms with Crippen LogP contribution >= 0.6 is 0 Å². The average molecular weight is 484 g/mol. The standard InChI is InChI=1S/C18H45N3O6Si3/c1-13(2)22-28(23-14(3)4)19-29(24-15(5)6,25-16(7)8)21-30(20-28,26-17(9)10)27-18(11)12/h13-21H,1-12H3. The van der Waals surface area contributed by atoms with Crippen LogP contribution in [-0.2, 0) is 26.6 Å². The van der Waals surface area contributed by atoms with Crippen molar-refractivity contribution in [3.63, 3.8) is 0 Å². The molecule has 180 valence electrons. The van der Waals surface area contributed by atoms with E-state index in [0.717, 1.165) is 0 Å². The summed E-state index contributed by atoms with van der Waals surface area (Å²) >= 11 is 0. The molecule has 0 unspecified atom stereocenters. The highest BCUT2D eigenvalue weighted by molar-refractivity contribution is 6.95. The van der Waals surface area contributed by atoms with E-state index in [4.69, 9.17) is 26.6 Å². The lowest BCUT2D eigenvalue weighted by molar-refractivity contribution is 0.0387. The molecule has 3 N–H and O–H groups in total. The molecule has 0 bridgehead atoms. The number of hydrogen-bond donors (Lipinski definition) is 3. The smallest absolute Gasteiger partial charge is 0.369 e. The van der Waals surface area contributed by atoms with Crippen molar-refractivity contribution in [1.29, 1.82) is 0 Å². The zero-order valence-corrected chi connectivity index (χ0v) is 23.9. The molecule has 1 heterocycles. The van der Waals surface area contributed by atoms with Crippen LogP contribution in [0.5, 0.6) is 0 Å². The summed E-state index contributed by atoms with van der Waals surface area (Å²) in [4.78, 5) is 0. The van der Waals surface area contributed by atoms with E-state index in [2.05, 4.69) is 13.9 Å². The van der Waals surface area contributed by atoms with Gasteiger partial charge in [0.15, 0.2) is 0 Å². The molecule has 1 aliphatic heterocycles. The summed E-state index contributed by atoms with van der Waals surface area (Å²) < 4.78 is 49.2. The quantitative estimate of drug-likeness (QED) is 0.362. The van der Waals surface area contributed by atoms with Crippen LogP contribution in [0.15, 0.2) is 0 Å². The molecule has 0 aromatic heterocycles. The first-order valence-corrected chi connectivity index (χ1v) is 16.5. The molecular formula is C18H45N3O6Si3. The maximum atomic E-state index is 6.43. The Labute approximate surface area is 187 Å². The Morgan fingerprint density at radius 1 is 0.333 bits per heavy atom. The van der Waals surface area contributed by atoms with E-state index in [-0.39, 0.29) is 36.6 Å². The third-order valence-corrected chi connectivity index (χ3v) is 16.1. The maximum Gasteiger partial charge on any atom is 0.513 e. The minimum atomic E-state index is -3.29. The lowest BCUT2D eigenvalue weighted by Gasteiger charge is -2.51. The van der Waals surface area contributed by atoms with Gasteiger partial charge in [-0.2, -0.15) is 0 Å². The highest BCUT2D eigenvalue weighted by Gasteiger charge is 2.69. The second-order valence-electron chi connectivity index (χ2n) is 9.22. The Hall–Kier alpha value is 0.291. The molecule has 9 nitrogen and oxygen atoms in total. The minimum absolute atomic E-state index is 0.0943. The molecule has 1 saturated heterocycles. The van der Waals surface area contributed by atoms with E-state index in [0.29, 0.717) is 0 Å². The maximum absolute atomic E-state index is 6.43. The summed E-state index contributed by atoms with van der Waals surface area (Å²) in [6.07, 6.45) is -0.566. The zero-order valence-electron chi connectivity index (χ0n) is 20.9. The topological polar surface area (TPSA) is 91.5 Å². The number of hydrogen-bond acceptors (Lipinski definition) is 9. The van der Waals surface area contributed by atoms with Crippen LogP contribution < -0.4 is 13.9 Å². The van der Waals surface area contributed by atoms with Crippen molar-refractivity contribution in [3.05, 3.63) is 0 Å². The zero-order chi connectivity index (χ0) is 23.3. The Morgan fingerprint density at radius 2 is 0.467 bits per heavy atom. The van der Waals surface area contributed by atoms with Gasteiger partial charge in [0, 0.05) is 36.6 Å².